The van der Waals surface area contributed by atoms with Gasteiger partial charge in [0.1, 0.15) is 0 Å². The first-order valence-corrected chi connectivity index (χ1v) is 9.49. The Hall–Kier alpha value is -3.81. The van der Waals surface area contributed by atoms with Crippen LogP contribution in [0.15, 0.2) is 71.9 Å². The van der Waals surface area contributed by atoms with E-state index in [-0.39, 0.29) is 5.56 Å². The largest absolute Gasteiger partial charge is 0.493 e. The molecular formula is C24H20F3NO4. The lowest BCUT2D eigenvalue weighted by molar-refractivity contribution is -0.137. The van der Waals surface area contributed by atoms with Gasteiger partial charge in [-0.3, -0.25) is 0 Å². The van der Waals surface area contributed by atoms with Crippen molar-refractivity contribution in [1.82, 2.24) is 0 Å². The first-order valence-electron chi connectivity index (χ1n) is 9.49. The van der Waals surface area contributed by atoms with Crippen molar-refractivity contribution >= 4 is 11.7 Å². The number of methoxy groups -OCH3 is 2. The summed E-state index contributed by atoms with van der Waals surface area (Å²) < 4.78 is 48.9. The molecule has 166 valence electrons. The second-order valence-electron chi connectivity index (χ2n) is 6.75. The number of carbonyl (C=O) groups excluding carboxylic acids is 1. The normalized spacial score (nSPS) is 11.8. The van der Waals surface area contributed by atoms with Gasteiger partial charge in [-0.15, -0.1) is 0 Å². The molecule has 0 aliphatic heterocycles. The van der Waals surface area contributed by atoms with Crippen molar-refractivity contribution in [1.29, 1.82) is 0 Å². The molecule has 3 aromatic rings. The van der Waals surface area contributed by atoms with E-state index in [4.69, 9.17) is 14.3 Å². The van der Waals surface area contributed by atoms with Crippen LogP contribution in [-0.2, 0) is 11.0 Å². The third kappa shape index (κ3) is 5.08. The number of nitrogens with zero attached hydrogens (tertiary/aromatic N) is 1. The number of carbonyl (C=O) groups is 1. The summed E-state index contributed by atoms with van der Waals surface area (Å²) in [6.45, 7) is 1.65. The first kappa shape index (κ1) is 22.9. The maximum Gasteiger partial charge on any atom is 0.416 e. The van der Waals surface area contributed by atoms with Crippen LogP contribution < -0.4 is 9.47 Å². The third-order valence-electron chi connectivity index (χ3n) is 4.71. The maximum atomic E-state index is 12.7. The maximum absolute atomic E-state index is 12.7. The lowest BCUT2D eigenvalue weighted by Gasteiger charge is -2.15. The van der Waals surface area contributed by atoms with Crippen molar-refractivity contribution in [2.24, 2.45) is 5.16 Å². The molecule has 3 rings (SSSR count). The molecule has 3 aromatic carbocycles. The van der Waals surface area contributed by atoms with E-state index in [1.54, 1.807) is 19.1 Å². The molecule has 0 fully saturated rings. The molecule has 5 nitrogen and oxygen atoms in total. The van der Waals surface area contributed by atoms with Crippen LogP contribution in [0.4, 0.5) is 13.2 Å². The monoisotopic (exact) mass is 443 g/mol. The highest BCUT2D eigenvalue weighted by molar-refractivity contribution is 6.05. The van der Waals surface area contributed by atoms with Crippen molar-refractivity contribution in [2.75, 3.05) is 14.2 Å². The zero-order valence-corrected chi connectivity index (χ0v) is 17.6. The summed E-state index contributed by atoms with van der Waals surface area (Å²) >= 11 is 0. The van der Waals surface area contributed by atoms with E-state index in [0.29, 0.717) is 22.8 Å². The molecular weight excluding hydrogens is 423 g/mol. The summed E-state index contributed by atoms with van der Waals surface area (Å²) in [5.74, 6) is 0.107. The lowest BCUT2D eigenvalue weighted by atomic mass is 9.96. The van der Waals surface area contributed by atoms with Gasteiger partial charge in [-0.25, -0.2) is 4.79 Å². The number of hydrogen-bond donors (Lipinski definition) is 0. The SMILES string of the molecule is COc1cc(/C(C)=N/OC(=O)c2ccc(C(F)(F)F)cc2)c(-c2ccccc2)cc1OC. The second-order valence-corrected chi connectivity index (χ2v) is 6.75. The molecule has 0 atom stereocenters. The summed E-state index contributed by atoms with van der Waals surface area (Å²) in [5, 5.41) is 3.91. The van der Waals surface area contributed by atoms with Crippen LogP contribution in [0.5, 0.6) is 11.5 Å². The molecule has 0 aromatic heterocycles. The zero-order valence-electron chi connectivity index (χ0n) is 17.6. The molecule has 0 heterocycles. The minimum Gasteiger partial charge on any atom is -0.493 e. The summed E-state index contributed by atoms with van der Waals surface area (Å²) in [6, 6.07) is 16.7. The van der Waals surface area contributed by atoms with Gasteiger partial charge >= 0.3 is 12.1 Å². The molecule has 0 spiro atoms. The van der Waals surface area contributed by atoms with E-state index in [1.807, 2.05) is 30.3 Å². The highest BCUT2D eigenvalue weighted by atomic mass is 19.4. The Morgan fingerprint density at radius 1 is 0.875 bits per heavy atom. The zero-order chi connectivity index (χ0) is 23.3. The summed E-state index contributed by atoms with van der Waals surface area (Å²) in [5.41, 5.74) is 1.75. The molecule has 0 saturated carbocycles. The number of halogens is 3. The van der Waals surface area contributed by atoms with Gasteiger partial charge in [-0.1, -0.05) is 35.5 Å². The van der Waals surface area contributed by atoms with Gasteiger partial charge in [-0.2, -0.15) is 13.2 Å². The standard InChI is InChI=1S/C24H20F3NO4/c1-15(28-32-23(29)17-9-11-18(12-10-17)24(25,26)27)19-13-21(30-2)22(31-3)14-20(19)16-7-5-4-6-8-16/h4-14H,1-3H3/b28-15+. The average Bonchev–Trinajstić information content (AvgIpc) is 2.81. The highest BCUT2D eigenvalue weighted by Crippen LogP contribution is 2.36. The van der Waals surface area contributed by atoms with Crippen molar-refractivity contribution in [3.8, 4) is 22.6 Å². The number of rotatable bonds is 6. The smallest absolute Gasteiger partial charge is 0.416 e. The van der Waals surface area contributed by atoms with Crippen LogP contribution in [0.25, 0.3) is 11.1 Å². The molecule has 0 aliphatic carbocycles. The molecule has 0 amide bonds. The first-order chi connectivity index (χ1) is 15.2. The predicted octanol–water partition coefficient (Wildman–Crippen LogP) is 5.97. The third-order valence-corrected chi connectivity index (χ3v) is 4.71. The molecule has 0 bridgehead atoms. The van der Waals surface area contributed by atoms with E-state index >= 15 is 0 Å². The highest BCUT2D eigenvalue weighted by Gasteiger charge is 2.30. The van der Waals surface area contributed by atoms with E-state index in [0.717, 1.165) is 35.4 Å². The Balaban J connectivity index is 1.92. The molecule has 0 radical (unpaired) electrons. The van der Waals surface area contributed by atoms with Crippen LogP contribution in [0, 0.1) is 0 Å². The van der Waals surface area contributed by atoms with Crippen LogP contribution in [-0.4, -0.2) is 25.9 Å². The Kier molecular flexibility index (Phi) is 6.82. The van der Waals surface area contributed by atoms with Crippen molar-refractivity contribution < 1.29 is 32.3 Å². The van der Waals surface area contributed by atoms with E-state index < -0.39 is 17.7 Å². The van der Waals surface area contributed by atoms with Gasteiger partial charge in [0.25, 0.3) is 0 Å². The fraction of sp³-hybridized carbons (Fsp3) is 0.167. The summed E-state index contributed by atoms with van der Waals surface area (Å²) in [4.78, 5) is 17.3. The van der Waals surface area contributed by atoms with Gasteiger partial charge in [-0.05, 0) is 54.4 Å². The predicted molar refractivity (Wildman–Crippen MR) is 114 cm³/mol. The van der Waals surface area contributed by atoms with Crippen LogP contribution >= 0.6 is 0 Å². The molecule has 32 heavy (non-hydrogen) atoms. The lowest BCUT2D eigenvalue weighted by Crippen LogP contribution is -2.08. The number of oxime groups is 1. The molecule has 0 aliphatic rings. The molecule has 8 heteroatoms. The van der Waals surface area contributed by atoms with Crippen LogP contribution in [0.1, 0.15) is 28.4 Å². The topological polar surface area (TPSA) is 57.1 Å². The van der Waals surface area contributed by atoms with Gasteiger partial charge < -0.3 is 14.3 Å². The number of ether oxygens (including phenoxy) is 2. The number of hydrogen-bond acceptors (Lipinski definition) is 5. The summed E-state index contributed by atoms with van der Waals surface area (Å²) in [7, 11) is 3.03. The van der Waals surface area contributed by atoms with Crippen molar-refractivity contribution in [2.45, 2.75) is 13.1 Å². The average molecular weight is 443 g/mol. The molecule has 0 N–H and O–H groups in total. The van der Waals surface area contributed by atoms with E-state index in [9.17, 15) is 18.0 Å². The number of benzene rings is 3. The Bertz CT molecular complexity index is 1120. The Morgan fingerprint density at radius 2 is 1.47 bits per heavy atom. The van der Waals surface area contributed by atoms with Crippen molar-refractivity contribution in [3.05, 3.63) is 83.4 Å². The van der Waals surface area contributed by atoms with Gasteiger partial charge in [0.05, 0.1) is 31.1 Å². The minimum absolute atomic E-state index is 0.0508. The van der Waals surface area contributed by atoms with Crippen molar-refractivity contribution in [3.63, 3.8) is 0 Å². The molecule has 0 unspecified atom stereocenters. The quantitative estimate of drug-likeness (QED) is 0.268. The van der Waals surface area contributed by atoms with E-state index in [1.165, 1.54) is 14.2 Å². The van der Waals surface area contributed by atoms with E-state index in [2.05, 4.69) is 5.16 Å². The van der Waals surface area contributed by atoms with Gasteiger partial charge in [0.2, 0.25) is 0 Å². The van der Waals surface area contributed by atoms with Crippen LogP contribution in [0.2, 0.25) is 0 Å². The Labute approximate surface area is 183 Å². The van der Waals surface area contributed by atoms with Gasteiger partial charge in [0.15, 0.2) is 11.5 Å². The number of alkyl halides is 3. The second kappa shape index (κ2) is 9.55. The minimum atomic E-state index is -4.49. The fourth-order valence-electron chi connectivity index (χ4n) is 3.04. The summed E-state index contributed by atoms with van der Waals surface area (Å²) in [6.07, 6.45) is -4.49. The fourth-order valence-corrected chi connectivity index (χ4v) is 3.04. The van der Waals surface area contributed by atoms with Crippen LogP contribution in [0.3, 0.4) is 0 Å². The molecule has 0 saturated heterocycles. The Morgan fingerprint density at radius 3 is 2.03 bits per heavy atom. The van der Waals surface area contributed by atoms with Gasteiger partial charge in [0, 0.05) is 5.56 Å².